The van der Waals surface area contributed by atoms with E-state index in [9.17, 15) is 4.79 Å². The van der Waals surface area contributed by atoms with E-state index in [2.05, 4.69) is 39.5 Å². The summed E-state index contributed by atoms with van der Waals surface area (Å²) in [7, 11) is 1.80. The molecule has 0 bridgehead atoms. The fourth-order valence-corrected chi connectivity index (χ4v) is 4.03. The lowest BCUT2D eigenvalue weighted by molar-refractivity contribution is -0.119. The minimum absolute atomic E-state index is 0.222. The molecule has 3 rings (SSSR count). The lowest BCUT2D eigenvalue weighted by Crippen LogP contribution is -2.46. The van der Waals surface area contributed by atoms with Crippen LogP contribution in [0.2, 0.25) is 0 Å². The predicted molar refractivity (Wildman–Crippen MR) is 113 cm³/mol. The van der Waals surface area contributed by atoms with Crippen LogP contribution in [0.5, 0.6) is 0 Å². The topological polar surface area (TPSA) is 89.2 Å². The molecule has 0 aromatic heterocycles. The molecule has 2 heterocycles. The minimum Gasteiger partial charge on any atom is -0.381 e. The molecule has 29 heavy (non-hydrogen) atoms. The first kappa shape index (κ1) is 21.6. The van der Waals surface area contributed by atoms with Crippen LogP contribution < -0.4 is 11.1 Å². The molecule has 7 heteroatoms. The molecule has 0 spiro atoms. The van der Waals surface area contributed by atoms with Crippen LogP contribution in [0.4, 0.5) is 0 Å². The summed E-state index contributed by atoms with van der Waals surface area (Å²) in [6.45, 7) is 4.75. The lowest BCUT2D eigenvalue weighted by Gasteiger charge is -2.34. The number of hydrogen-bond acceptors (Lipinski definition) is 4. The molecule has 0 radical (unpaired) electrons. The van der Waals surface area contributed by atoms with Crippen LogP contribution in [0.1, 0.15) is 43.2 Å². The number of aliphatic imine (C=N–C) groups is 1. The van der Waals surface area contributed by atoms with Crippen molar-refractivity contribution in [2.45, 2.75) is 51.4 Å². The quantitative estimate of drug-likeness (QED) is 0.538. The lowest BCUT2D eigenvalue weighted by atomic mass is 9.95. The van der Waals surface area contributed by atoms with E-state index in [-0.39, 0.29) is 5.91 Å². The van der Waals surface area contributed by atoms with Crippen LogP contribution in [0.3, 0.4) is 0 Å². The summed E-state index contributed by atoms with van der Waals surface area (Å²) in [5.74, 6) is 0.974. The molecule has 0 saturated carbocycles. The molecule has 1 aromatic carbocycles. The Morgan fingerprint density at radius 2 is 1.97 bits per heavy atom. The highest BCUT2D eigenvalue weighted by molar-refractivity contribution is 5.80. The number of carbonyl (C=O) groups excluding carboxylic acids is 1. The van der Waals surface area contributed by atoms with E-state index in [1.807, 2.05) is 0 Å². The van der Waals surface area contributed by atoms with E-state index in [1.165, 1.54) is 11.1 Å². The first-order valence-corrected chi connectivity index (χ1v) is 10.6. The molecule has 2 fully saturated rings. The Morgan fingerprint density at radius 3 is 2.66 bits per heavy atom. The van der Waals surface area contributed by atoms with Gasteiger partial charge in [-0.15, -0.1) is 0 Å². The van der Waals surface area contributed by atoms with Gasteiger partial charge in [0.1, 0.15) is 0 Å². The Morgan fingerprint density at radius 1 is 1.24 bits per heavy atom. The Bertz CT molecular complexity index is 671. The van der Waals surface area contributed by atoms with Crippen LogP contribution in [0.15, 0.2) is 29.3 Å². The number of piperidine rings is 1. The first-order chi connectivity index (χ1) is 14.1. The van der Waals surface area contributed by atoms with Gasteiger partial charge in [-0.2, -0.15) is 0 Å². The number of primary amides is 1. The number of ether oxygens (including phenoxy) is 2. The summed E-state index contributed by atoms with van der Waals surface area (Å²) in [6, 6.07) is 8.52. The number of rotatable bonds is 7. The van der Waals surface area contributed by atoms with E-state index < -0.39 is 0 Å². The molecule has 2 saturated heterocycles. The van der Waals surface area contributed by atoms with Crippen molar-refractivity contribution in [2.24, 2.45) is 16.6 Å². The van der Waals surface area contributed by atoms with E-state index >= 15 is 0 Å². The number of likely N-dealkylation sites (tertiary alicyclic amines) is 1. The maximum atomic E-state index is 11.2. The number of carbonyl (C=O) groups is 1. The highest BCUT2D eigenvalue weighted by Crippen LogP contribution is 2.19. The number of amides is 1. The molecule has 1 atom stereocenters. The van der Waals surface area contributed by atoms with Gasteiger partial charge < -0.3 is 25.4 Å². The van der Waals surface area contributed by atoms with Crippen LogP contribution in [0.25, 0.3) is 0 Å². The zero-order valence-electron chi connectivity index (χ0n) is 17.4. The van der Waals surface area contributed by atoms with Crippen LogP contribution in [0, 0.1) is 5.92 Å². The second-order valence-corrected chi connectivity index (χ2v) is 7.96. The number of guanidine groups is 1. The monoisotopic (exact) mass is 402 g/mol. The summed E-state index contributed by atoms with van der Waals surface area (Å²) in [5.41, 5.74) is 7.76. The van der Waals surface area contributed by atoms with Gasteiger partial charge in [-0.05, 0) is 42.7 Å². The van der Waals surface area contributed by atoms with Crippen molar-refractivity contribution in [3.8, 4) is 0 Å². The van der Waals surface area contributed by atoms with E-state index in [0.29, 0.717) is 31.6 Å². The third-order valence-electron chi connectivity index (χ3n) is 5.65. The highest BCUT2D eigenvalue weighted by Gasteiger charge is 2.23. The van der Waals surface area contributed by atoms with Crippen molar-refractivity contribution in [1.29, 1.82) is 0 Å². The van der Waals surface area contributed by atoms with Crippen molar-refractivity contribution in [2.75, 3.05) is 33.4 Å². The Hall–Kier alpha value is -2.12. The number of nitrogens with zero attached hydrogens (tertiary/aromatic N) is 2. The largest absolute Gasteiger partial charge is 0.381 e. The zero-order chi connectivity index (χ0) is 20.5. The van der Waals surface area contributed by atoms with E-state index in [0.717, 1.165) is 57.9 Å². The molecular weight excluding hydrogens is 368 g/mol. The standard InChI is InChI=1S/C22H34N4O3/c1-24-22(26-10-2-3-19(15-26)13-21(23)27)25-14-17-4-6-18(7-5-17)16-29-20-8-11-28-12-9-20/h4-7,19-20H,2-3,8-16H2,1H3,(H2,23,27)(H,24,25). The van der Waals surface area contributed by atoms with Crippen LogP contribution >= 0.6 is 0 Å². The summed E-state index contributed by atoms with van der Waals surface area (Å²) in [6.07, 6.45) is 4.84. The average molecular weight is 403 g/mol. The first-order valence-electron chi connectivity index (χ1n) is 10.6. The molecule has 1 unspecified atom stereocenters. The van der Waals surface area contributed by atoms with Crippen molar-refractivity contribution < 1.29 is 14.3 Å². The molecule has 1 amide bonds. The number of nitrogens with two attached hydrogens (primary N) is 1. The fourth-order valence-electron chi connectivity index (χ4n) is 4.03. The highest BCUT2D eigenvalue weighted by atomic mass is 16.5. The zero-order valence-corrected chi connectivity index (χ0v) is 17.4. The van der Waals surface area contributed by atoms with Crippen molar-refractivity contribution in [3.63, 3.8) is 0 Å². The molecule has 2 aliphatic rings. The van der Waals surface area contributed by atoms with Gasteiger partial charge >= 0.3 is 0 Å². The maximum Gasteiger partial charge on any atom is 0.217 e. The number of hydrogen-bond donors (Lipinski definition) is 2. The Kier molecular flexibility index (Phi) is 8.31. The van der Waals surface area contributed by atoms with E-state index in [1.54, 1.807) is 7.05 Å². The third-order valence-corrected chi connectivity index (χ3v) is 5.65. The van der Waals surface area contributed by atoms with Crippen molar-refractivity contribution in [3.05, 3.63) is 35.4 Å². The molecule has 0 aliphatic carbocycles. The minimum atomic E-state index is -0.222. The van der Waals surface area contributed by atoms with Gasteiger partial charge in [0.2, 0.25) is 5.91 Å². The van der Waals surface area contributed by atoms with Gasteiger partial charge in [-0.1, -0.05) is 24.3 Å². The average Bonchev–Trinajstić information content (AvgIpc) is 2.74. The second kappa shape index (κ2) is 11.2. The number of nitrogens with one attached hydrogen (secondary N) is 1. The van der Waals surface area contributed by atoms with Crippen LogP contribution in [-0.4, -0.2) is 56.2 Å². The summed E-state index contributed by atoms with van der Waals surface area (Å²) in [4.78, 5) is 17.9. The van der Waals surface area contributed by atoms with Crippen molar-refractivity contribution >= 4 is 11.9 Å². The molecule has 1 aromatic rings. The van der Waals surface area contributed by atoms with Gasteiger partial charge in [-0.25, -0.2) is 0 Å². The smallest absolute Gasteiger partial charge is 0.217 e. The second-order valence-electron chi connectivity index (χ2n) is 7.96. The molecule has 7 nitrogen and oxygen atoms in total. The van der Waals surface area contributed by atoms with Crippen LogP contribution in [-0.2, 0) is 27.4 Å². The predicted octanol–water partition coefficient (Wildman–Crippen LogP) is 2.04. The summed E-state index contributed by atoms with van der Waals surface area (Å²) in [5, 5.41) is 3.45. The maximum absolute atomic E-state index is 11.2. The molecule has 160 valence electrons. The fraction of sp³-hybridized carbons (Fsp3) is 0.636. The molecule has 3 N–H and O–H groups in total. The van der Waals surface area contributed by atoms with Gasteiger partial charge in [0.25, 0.3) is 0 Å². The Balaban J connectivity index is 1.44. The summed E-state index contributed by atoms with van der Waals surface area (Å²) < 4.78 is 11.4. The normalized spacial score (nSPS) is 21.2. The SMILES string of the molecule is CN=C(NCc1ccc(COC2CCOCC2)cc1)N1CCCC(CC(N)=O)C1. The molecular formula is C22H34N4O3. The number of benzene rings is 1. The van der Waals surface area contributed by atoms with Gasteiger partial charge in [0.15, 0.2) is 5.96 Å². The van der Waals surface area contributed by atoms with Crippen molar-refractivity contribution in [1.82, 2.24) is 10.2 Å². The molecule has 2 aliphatic heterocycles. The Labute approximate surface area is 173 Å². The third kappa shape index (κ3) is 7.01. The van der Waals surface area contributed by atoms with Gasteiger partial charge in [-0.3, -0.25) is 9.79 Å². The van der Waals surface area contributed by atoms with Gasteiger partial charge in [0.05, 0.1) is 12.7 Å². The van der Waals surface area contributed by atoms with Gasteiger partial charge in [0, 0.05) is 46.3 Å². The van der Waals surface area contributed by atoms with E-state index in [4.69, 9.17) is 15.2 Å². The summed E-state index contributed by atoms with van der Waals surface area (Å²) >= 11 is 0.